The van der Waals surface area contributed by atoms with Crippen LogP contribution < -0.4 is 30.4 Å². The van der Waals surface area contributed by atoms with Crippen LogP contribution in [0.1, 0.15) is 26.7 Å². The molecular formula is C23H21F2N3O7. The Kier molecular flexibility index (Phi) is 8.59. The Labute approximate surface area is 198 Å². The number of alkyl halides is 2. The van der Waals surface area contributed by atoms with Gasteiger partial charge in [-0.15, -0.1) is 0 Å². The number of hydrazine groups is 1. The summed E-state index contributed by atoms with van der Waals surface area (Å²) in [6.07, 6.45) is 0. The fourth-order valence-electron chi connectivity index (χ4n) is 2.75. The Morgan fingerprint density at radius 2 is 1.71 bits per heavy atom. The van der Waals surface area contributed by atoms with E-state index in [9.17, 15) is 23.2 Å². The van der Waals surface area contributed by atoms with Gasteiger partial charge >= 0.3 is 12.5 Å². The predicted octanol–water partition coefficient (Wildman–Crippen LogP) is 2.66. The van der Waals surface area contributed by atoms with Crippen LogP contribution in [0.25, 0.3) is 0 Å². The summed E-state index contributed by atoms with van der Waals surface area (Å²) in [5, 5.41) is 2.32. The normalized spacial score (nSPS) is 10.4. The number of carbonyl (C=O) groups is 3. The lowest BCUT2D eigenvalue weighted by atomic mass is 10.2. The fourth-order valence-corrected chi connectivity index (χ4v) is 2.75. The minimum absolute atomic E-state index is 0.0427. The minimum atomic E-state index is -3.06. The van der Waals surface area contributed by atoms with E-state index in [-0.39, 0.29) is 29.4 Å². The number of ether oxygens (including phenoxy) is 3. The first-order chi connectivity index (χ1) is 16.9. The topological polar surface area (TPSA) is 128 Å². The molecule has 3 aromatic rings. The monoisotopic (exact) mass is 489 g/mol. The van der Waals surface area contributed by atoms with Crippen LogP contribution in [-0.4, -0.2) is 38.0 Å². The van der Waals surface area contributed by atoms with Crippen LogP contribution in [0.4, 0.5) is 8.78 Å². The summed E-state index contributed by atoms with van der Waals surface area (Å²) in [7, 11) is 1.23. The van der Waals surface area contributed by atoms with Crippen molar-refractivity contribution in [3.8, 4) is 17.2 Å². The van der Waals surface area contributed by atoms with Crippen molar-refractivity contribution in [2.75, 3.05) is 13.7 Å². The maximum Gasteiger partial charge on any atom is 0.387 e. The number of hydrogen-bond acceptors (Lipinski definition) is 7. The number of carbonyl (C=O) groups excluding carboxylic acids is 3. The van der Waals surface area contributed by atoms with E-state index in [2.05, 4.69) is 20.9 Å². The molecular weight excluding hydrogens is 468 g/mol. The quantitative estimate of drug-likeness (QED) is 0.374. The predicted molar refractivity (Wildman–Crippen MR) is 117 cm³/mol. The summed E-state index contributed by atoms with van der Waals surface area (Å²) in [6, 6.07) is 15.6. The van der Waals surface area contributed by atoms with Crippen molar-refractivity contribution in [3.05, 3.63) is 77.7 Å². The van der Waals surface area contributed by atoms with Gasteiger partial charge in [-0.1, -0.05) is 18.2 Å². The van der Waals surface area contributed by atoms with Crippen molar-refractivity contribution < 1.29 is 41.8 Å². The van der Waals surface area contributed by atoms with Crippen LogP contribution in [0.2, 0.25) is 0 Å². The van der Waals surface area contributed by atoms with Gasteiger partial charge in [0, 0.05) is 5.56 Å². The van der Waals surface area contributed by atoms with Gasteiger partial charge in [0.05, 0.1) is 13.7 Å². The van der Waals surface area contributed by atoms with E-state index in [1.54, 1.807) is 18.2 Å². The lowest BCUT2D eigenvalue weighted by Gasteiger charge is -2.11. The molecule has 12 heteroatoms. The average Bonchev–Trinajstić information content (AvgIpc) is 3.34. The van der Waals surface area contributed by atoms with Gasteiger partial charge in [0.1, 0.15) is 18.1 Å². The van der Waals surface area contributed by atoms with E-state index in [1.165, 1.54) is 25.3 Å². The zero-order valence-corrected chi connectivity index (χ0v) is 18.4. The number of hydrogen-bond donors (Lipinski definition) is 3. The lowest BCUT2D eigenvalue weighted by Crippen LogP contribution is -2.46. The number of furan rings is 1. The molecule has 35 heavy (non-hydrogen) atoms. The summed E-state index contributed by atoms with van der Waals surface area (Å²) in [6.45, 7) is -3.43. The van der Waals surface area contributed by atoms with Gasteiger partial charge in [-0.05, 0) is 42.5 Å². The zero-order chi connectivity index (χ0) is 25.2. The third kappa shape index (κ3) is 7.45. The highest BCUT2D eigenvalue weighted by molar-refractivity contribution is 5.97. The maximum atomic E-state index is 12.4. The van der Waals surface area contributed by atoms with Gasteiger partial charge in [0.2, 0.25) is 0 Å². The molecule has 0 aliphatic rings. The molecule has 10 nitrogen and oxygen atoms in total. The Morgan fingerprint density at radius 3 is 2.43 bits per heavy atom. The Bertz CT molecular complexity index is 1170. The van der Waals surface area contributed by atoms with Crippen molar-refractivity contribution in [2.45, 2.75) is 13.2 Å². The van der Waals surface area contributed by atoms with E-state index >= 15 is 0 Å². The number of methoxy groups -OCH3 is 1. The maximum absolute atomic E-state index is 12.4. The van der Waals surface area contributed by atoms with Crippen LogP contribution in [0.15, 0.2) is 65.1 Å². The highest BCUT2D eigenvalue weighted by Crippen LogP contribution is 2.29. The van der Waals surface area contributed by atoms with Gasteiger partial charge in [-0.25, -0.2) is 0 Å². The van der Waals surface area contributed by atoms with Crippen LogP contribution in [0.5, 0.6) is 17.2 Å². The molecule has 0 aliphatic heterocycles. The summed E-state index contributed by atoms with van der Waals surface area (Å²) in [5.41, 5.74) is 4.34. The highest BCUT2D eigenvalue weighted by Gasteiger charge is 2.16. The zero-order valence-electron chi connectivity index (χ0n) is 18.4. The van der Waals surface area contributed by atoms with Crippen LogP contribution in [0, 0.1) is 0 Å². The molecule has 0 saturated heterocycles. The number of rotatable bonds is 10. The van der Waals surface area contributed by atoms with Gasteiger partial charge in [-0.3, -0.25) is 25.2 Å². The number of nitrogens with one attached hydrogen (secondary N) is 3. The molecule has 0 radical (unpaired) electrons. The third-order valence-corrected chi connectivity index (χ3v) is 4.38. The van der Waals surface area contributed by atoms with Crippen LogP contribution in [0.3, 0.4) is 0 Å². The SMILES string of the molecule is COc1cc(C(=O)NCC(=O)NNC(=O)c2ccc(COc3ccccc3)o2)ccc1OC(F)F. The smallest absolute Gasteiger partial charge is 0.387 e. The first-order valence-electron chi connectivity index (χ1n) is 10.1. The first-order valence-corrected chi connectivity index (χ1v) is 10.1. The second-order valence-corrected chi connectivity index (χ2v) is 6.80. The summed E-state index contributed by atoms with van der Waals surface area (Å²) < 4.78 is 44.9. The Morgan fingerprint density at radius 1 is 0.943 bits per heavy atom. The molecule has 0 fully saturated rings. The molecule has 3 rings (SSSR count). The number of amides is 3. The lowest BCUT2D eigenvalue weighted by molar-refractivity contribution is -0.120. The van der Waals surface area contributed by atoms with Crippen LogP contribution in [-0.2, 0) is 11.4 Å². The summed E-state index contributed by atoms with van der Waals surface area (Å²) in [5.74, 6) is -1.46. The molecule has 0 aliphatic carbocycles. The van der Waals surface area contributed by atoms with Crippen molar-refractivity contribution in [1.82, 2.24) is 16.2 Å². The Hall–Kier alpha value is -4.61. The van der Waals surface area contributed by atoms with Crippen molar-refractivity contribution in [3.63, 3.8) is 0 Å². The number of para-hydroxylation sites is 1. The van der Waals surface area contributed by atoms with Crippen LogP contribution >= 0.6 is 0 Å². The van der Waals surface area contributed by atoms with Gasteiger partial charge in [-0.2, -0.15) is 8.78 Å². The molecule has 0 spiro atoms. The molecule has 1 heterocycles. The van der Waals surface area contributed by atoms with E-state index in [0.717, 1.165) is 6.07 Å². The van der Waals surface area contributed by atoms with Gasteiger partial charge < -0.3 is 23.9 Å². The van der Waals surface area contributed by atoms with E-state index in [4.69, 9.17) is 13.9 Å². The molecule has 2 aromatic carbocycles. The van der Waals surface area contributed by atoms with Gasteiger partial charge in [0.15, 0.2) is 17.3 Å². The second kappa shape index (κ2) is 12.0. The third-order valence-electron chi connectivity index (χ3n) is 4.38. The molecule has 0 saturated carbocycles. The molecule has 3 amide bonds. The Balaban J connectivity index is 1.43. The molecule has 0 unspecified atom stereocenters. The van der Waals surface area contributed by atoms with E-state index in [0.29, 0.717) is 11.5 Å². The summed E-state index contributed by atoms with van der Waals surface area (Å²) >= 11 is 0. The minimum Gasteiger partial charge on any atom is -0.493 e. The molecule has 3 N–H and O–H groups in total. The number of benzene rings is 2. The van der Waals surface area contributed by atoms with Gasteiger partial charge in [0.25, 0.3) is 11.8 Å². The fraction of sp³-hybridized carbons (Fsp3) is 0.174. The number of halogens is 2. The average molecular weight is 489 g/mol. The standard InChI is InChI=1S/C23H21F2N3O7/c1-32-19-11-14(7-9-17(19)35-23(24)25)21(30)26-12-20(29)27-28-22(31)18-10-8-16(34-18)13-33-15-5-3-2-4-6-15/h2-11,23H,12-13H2,1H3,(H,26,30)(H,27,29)(H,28,31). The summed E-state index contributed by atoms with van der Waals surface area (Å²) in [4.78, 5) is 36.3. The molecule has 1 aromatic heterocycles. The second-order valence-electron chi connectivity index (χ2n) is 6.80. The van der Waals surface area contributed by atoms with E-state index < -0.39 is 30.9 Å². The molecule has 184 valence electrons. The first kappa shape index (κ1) is 25.0. The van der Waals surface area contributed by atoms with Crippen molar-refractivity contribution >= 4 is 17.7 Å². The van der Waals surface area contributed by atoms with E-state index in [1.807, 2.05) is 18.2 Å². The van der Waals surface area contributed by atoms with Crippen molar-refractivity contribution in [2.24, 2.45) is 0 Å². The highest BCUT2D eigenvalue weighted by atomic mass is 19.3. The molecule has 0 atom stereocenters. The molecule has 0 bridgehead atoms. The largest absolute Gasteiger partial charge is 0.493 e. The van der Waals surface area contributed by atoms with Crippen molar-refractivity contribution in [1.29, 1.82) is 0 Å².